The van der Waals surface area contributed by atoms with Crippen LogP contribution in [0.25, 0.3) is 0 Å². The molecule has 0 radical (unpaired) electrons. The molecular formula is C14H23N3O. The Bertz CT molecular complexity index is 381. The average molecular weight is 249 g/mol. The first-order valence-corrected chi connectivity index (χ1v) is 6.49. The van der Waals surface area contributed by atoms with Crippen LogP contribution < -0.4 is 15.5 Å². The number of piperidine rings is 1. The molecule has 1 saturated heterocycles. The van der Waals surface area contributed by atoms with Crippen molar-refractivity contribution in [1.29, 1.82) is 0 Å². The Morgan fingerprint density at radius 1 is 1.22 bits per heavy atom. The highest BCUT2D eigenvalue weighted by molar-refractivity contribution is 5.56. The standard InChI is InChI=1S/C14H23N3O/c1-16(2)12-3-5-13(6-4-12)17-9-7-14(18,11-15)8-10-17/h3-6,18H,7-11,15H2,1-2H3. The maximum Gasteiger partial charge on any atom is 0.0803 e. The minimum Gasteiger partial charge on any atom is -0.388 e. The van der Waals surface area contributed by atoms with Gasteiger partial charge >= 0.3 is 0 Å². The van der Waals surface area contributed by atoms with Crippen LogP contribution in [0.3, 0.4) is 0 Å². The molecule has 0 aliphatic carbocycles. The lowest BCUT2D eigenvalue weighted by Gasteiger charge is -2.38. The van der Waals surface area contributed by atoms with Gasteiger partial charge in [-0.3, -0.25) is 0 Å². The molecule has 0 spiro atoms. The van der Waals surface area contributed by atoms with Gasteiger partial charge in [-0.05, 0) is 37.1 Å². The van der Waals surface area contributed by atoms with Gasteiger partial charge in [-0.15, -0.1) is 0 Å². The zero-order chi connectivity index (χ0) is 13.2. The number of hydrogen-bond donors (Lipinski definition) is 2. The molecule has 4 heteroatoms. The van der Waals surface area contributed by atoms with Gasteiger partial charge in [0.2, 0.25) is 0 Å². The topological polar surface area (TPSA) is 52.7 Å². The summed E-state index contributed by atoms with van der Waals surface area (Å²) in [6.45, 7) is 2.10. The summed E-state index contributed by atoms with van der Waals surface area (Å²) in [5, 5.41) is 10.1. The summed E-state index contributed by atoms with van der Waals surface area (Å²) in [4.78, 5) is 4.40. The van der Waals surface area contributed by atoms with E-state index in [9.17, 15) is 5.11 Å². The summed E-state index contributed by atoms with van der Waals surface area (Å²) in [5.74, 6) is 0. The van der Waals surface area contributed by atoms with Gasteiger partial charge in [0.15, 0.2) is 0 Å². The van der Waals surface area contributed by atoms with Crippen LogP contribution in [0.15, 0.2) is 24.3 Å². The van der Waals surface area contributed by atoms with Gasteiger partial charge in [0.1, 0.15) is 0 Å². The van der Waals surface area contributed by atoms with Gasteiger partial charge in [-0.1, -0.05) is 0 Å². The predicted octanol–water partition coefficient (Wildman–Crippen LogP) is 1.04. The van der Waals surface area contributed by atoms with E-state index in [1.165, 1.54) is 11.4 Å². The number of anilines is 2. The Labute approximate surface area is 109 Å². The zero-order valence-electron chi connectivity index (χ0n) is 11.3. The minimum atomic E-state index is -0.653. The van der Waals surface area contributed by atoms with E-state index < -0.39 is 5.60 Å². The fraction of sp³-hybridized carbons (Fsp3) is 0.571. The molecule has 0 aromatic heterocycles. The zero-order valence-corrected chi connectivity index (χ0v) is 11.3. The lowest BCUT2D eigenvalue weighted by Crippen LogP contribution is -2.48. The Morgan fingerprint density at radius 3 is 2.22 bits per heavy atom. The van der Waals surface area contributed by atoms with Gasteiger partial charge in [0, 0.05) is 45.1 Å². The summed E-state index contributed by atoms with van der Waals surface area (Å²) in [5.41, 5.74) is 7.37. The molecule has 3 N–H and O–H groups in total. The lowest BCUT2D eigenvalue weighted by atomic mass is 9.91. The van der Waals surface area contributed by atoms with Gasteiger partial charge < -0.3 is 20.6 Å². The highest BCUT2D eigenvalue weighted by Gasteiger charge is 2.30. The Hall–Kier alpha value is -1.26. The van der Waals surface area contributed by atoms with Crippen LogP contribution in [-0.2, 0) is 0 Å². The fourth-order valence-corrected chi connectivity index (χ4v) is 2.35. The largest absolute Gasteiger partial charge is 0.388 e. The van der Waals surface area contributed by atoms with Gasteiger partial charge in [0.05, 0.1) is 5.60 Å². The van der Waals surface area contributed by atoms with Crippen molar-refractivity contribution >= 4 is 11.4 Å². The predicted molar refractivity (Wildman–Crippen MR) is 76.2 cm³/mol. The van der Waals surface area contributed by atoms with Crippen LogP contribution >= 0.6 is 0 Å². The Morgan fingerprint density at radius 2 is 1.78 bits per heavy atom. The SMILES string of the molecule is CN(C)c1ccc(N2CCC(O)(CN)CC2)cc1. The van der Waals surface area contributed by atoms with Crippen molar-refractivity contribution in [2.75, 3.05) is 43.5 Å². The van der Waals surface area contributed by atoms with Gasteiger partial charge in [-0.25, -0.2) is 0 Å². The lowest BCUT2D eigenvalue weighted by molar-refractivity contribution is 0.0250. The minimum absolute atomic E-state index is 0.362. The van der Waals surface area contributed by atoms with Crippen molar-refractivity contribution in [2.45, 2.75) is 18.4 Å². The number of nitrogens with two attached hydrogens (primary N) is 1. The molecule has 4 nitrogen and oxygen atoms in total. The van der Waals surface area contributed by atoms with Crippen molar-refractivity contribution in [1.82, 2.24) is 0 Å². The molecule has 1 aromatic rings. The Balaban J connectivity index is 2.01. The van der Waals surface area contributed by atoms with Crippen LogP contribution in [0.2, 0.25) is 0 Å². The molecule has 1 fully saturated rings. The van der Waals surface area contributed by atoms with Crippen molar-refractivity contribution in [3.8, 4) is 0 Å². The third-order valence-corrected chi connectivity index (χ3v) is 3.81. The molecule has 1 heterocycles. The van der Waals surface area contributed by atoms with E-state index in [-0.39, 0.29) is 0 Å². The molecule has 18 heavy (non-hydrogen) atoms. The van der Waals surface area contributed by atoms with Crippen LogP contribution in [0.1, 0.15) is 12.8 Å². The van der Waals surface area contributed by atoms with E-state index in [1.807, 2.05) is 14.1 Å². The molecular weight excluding hydrogens is 226 g/mol. The molecule has 0 atom stereocenters. The number of nitrogens with zero attached hydrogens (tertiary/aromatic N) is 2. The summed E-state index contributed by atoms with van der Waals surface area (Å²) in [6, 6.07) is 8.53. The highest BCUT2D eigenvalue weighted by Crippen LogP contribution is 2.26. The summed E-state index contributed by atoms with van der Waals surface area (Å²) >= 11 is 0. The molecule has 1 aliphatic heterocycles. The summed E-state index contributed by atoms with van der Waals surface area (Å²) < 4.78 is 0. The van der Waals surface area contributed by atoms with E-state index in [2.05, 4.69) is 34.1 Å². The van der Waals surface area contributed by atoms with Crippen molar-refractivity contribution in [3.63, 3.8) is 0 Å². The van der Waals surface area contributed by atoms with Gasteiger partial charge in [0.25, 0.3) is 0 Å². The first-order valence-electron chi connectivity index (χ1n) is 6.49. The van der Waals surface area contributed by atoms with E-state index in [0.29, 0.717) is 6.54 Å². The van der Waals surface area contributed by atoms with Crippen molar-refractivity contribution < 1.29 is 5.11 Å². The smallest absolute Gasteiger partial charge is 0.0803 e. The van der Waals surface area contributed by atoms with Crippen LogP contribution in [-0.4, -0.2) is 44.4 Å². The summed E-state index contributed by atoms with van der Waals surface area (Å²) in [7, 11) is 4.08. The highest BCUT2D eigenvalue weighted by atomic mass is 16.3. The molecule has 0 saturated carbocycles. The average Bonchev–Trinajstić information content (AvgIpc) is 2.40. The number of aliphatic hydroxyl groups is 1. The second-order valence-electron chi connectivity index (χ2n) is 5.33. The van der Waals surface area contributed by atoms with Crippen LogP contribution in [0, 0.1) is 0 Å². The maximum absolute atomic E-state index is 10.1. The van der Waals surface area contributed by atoms with Crippen LogP contribution in [0.5, 0.6) is 0 Å². The van der Waals surface area contributed by atoms with Crippen molar-refractivity contribution in [3.05, 3.63) is 24.3 Å². The third kappa shape index (κ3) is 2.76. The van der Waals surface area contributed by atoms with E-state index >= 15 is 0 Å². The summed E-state index contributed by atoms with van der Waals surface area (Å²) in [6.07, 6.45) is 1.50. The Kier molecular flexibility index (Phi) is 3.78. The molecule has 1 aromatic carbocycles. The van der Waals surface area contributed by atoms with E-state index in [0.717, 1.165) is 25.9 Å². The quantitative estimate of drug-likeness (QED) is 0.840. The fourth-order valence-electron chi connectivity index (χ4n) is 2.35. The van der Waals surface area contributed by atoms with Gasteiger partial charge in [-0.2, -0.15) is 0 Å². The molecule has 100 valence electrons. The van der Waals surface area contributed by atoms with Crippen LogP contribution in [0.4, 0.5) is 11.4 Å². The number of benzene rings is 1. The van der Waals surface area contributed by atoms with E-state index in [1.54, 1.807) is 0 Å². The van der Waals surface area contributed by atoms with E-state index in [4.69, 9.17) is 5.73 Å². The second kappa shape index (κ2) is 5.16. The first-order chi connectivity index (χ1) is 8.54. The first kappa shape index (κ1) is 13.2. The normalized spacial score (nSPS) is 18.8. The number of hydrogen-bond acceptors (Lipinski definition) is 4. The van der Waals surface area contributed by atoms with Crippen molar-refractivity contribution in [2.24, 2.45) is 5.73 Å². The molecule has 2 rings (SSSR count). The maximum atomic E-state index is 10.1. The molecule has 1 aliphatic rings. The number of rotatable bonds is 3. The monoisotopic (exact) mass is 249 g/mol. The molecule has 0 amide bonds. The molecule has 0 bridgehead atoms. The second-order valence-corrected chi connectivity index (χ2v) is 5.33. The third-order valence-electron chi connectivity index (χ3n) is 3.81. The molecule has 0 unspecified atom stereocenters.